The van der Waals surface area contributed by atoms with Crippen LogP contribution < -0.4 is 5.46 Å². The summed E-state index contributed by atoms with van der Waals surface area (Å²) in [7, 11) is -4.17. The fourth-order valence-electron chi connectivity index (χ4n) is 2.28. The van der Waals surface area contributed by atoms with Crippen molar-refractivity contribution >= 4 is 22.6 Å². The summed E-state index contributed by atoms with van der Waals surface area (Å²) in [5.41, 5.74) is -0.0855. The Bertz CT molecular complexity index is 783. The maximum Gasteiger partial charge on any atom is 0.494 e. The Morgan fingerprint density at radius 2 is 1.61 bits per heavy atom. The lowest BCUT2D eigenvalue weighted by molar-refractivity contribution is 0.00578. The number of nitrogens with zero attached hydrogens (tertiary/aromatic N) is 2. The third-order valence-electron chi connectivity index (χ3n) is 4.43. The molecule has 1 fully saturated rings. The van der Waals surface area contributed by atoms with Gasteiger partial charge in [0.15, 0.2) is 0 Å². The van der Waals surface area contributed by atoms with Gasteiger partial charge in [0.1, 0.15) is 0 Å². The minimum atomic E-state index is -3.66. The van der Waals surface area contributed by atoms with Crippen molar-refractivity contribution in [3.63, 3.8) is 0 Å². The molecule has 0 aliphatic carbocycles. The van der Waals surface area contributed by atoms with Crippen molar-refractivity contribution in [2.75, 3.05) is 0 Å². The van der Waals surface area contributed by atoms with E-state index in [4.69, 9.17) is 9.31 Å². The first-order chi connectivity index (χ1) is 10.6. The largest absolute Gasteiger partial charge is 0.494 e. The van der Waals surface area contributed by atoms with E-state index < -0.39 is 28.3 Å². The summed E-state index contributed by atoms with van der Waals surface area (Å²) >= 11 is 0. The quantitative estimate of drug-likeness (QED) is 0.794. The highest BCUT2D eigenvalue weighted by atomic mass is 32.2. The fourth-order valence-corrected chi connectivity index (χ4v) is 3.39. The lowest BCUT2D eigenvalue weighted by Crippen LogP contribution is -2.41. The minimum absolute atomic E-state index is 0.168. The first kappa shape index (κ1) is 16.2. The first-order valence-corrected chi connectivity index (χ1v) is 8.78. The van der Waals surface area contributed by atoms with Crippen LogP contribution in [0.2, 0.25) is 0 Å². The average molecular weight is 334 g/mol. The molecule has 1 aliphatic heterocycles. The van der Waals surface area contributed by atoms with Crippen LogP contribution in [0.1, 0.15) is 27.7 Å². The van der Waals surface area contributed by atoms with Crippen LogP contribution >= 0.6 is 0 Å². The van der Waals surface area contributed by atoms with E-state index in [0.29, 0.717) is 0 Å². The van der Waals surface area contributed by atoms with Gasteiger partial charge < -0.3 is 9.31 Å². The lowest BCUT2D eigenvalue weighted by atomic mass is 9.79. The van der Waals surface area contributed by atoms with Crippen molar-refractivity contribution in [1.82, 2.24) is 9.19 Å². The van der Waals surface area contributed by atoms with Crippen LogP contribution in [0.15, 0.2) is 47.6 Å². The molecule has 6 nitrogen and oxygen atoms in total. The molecule has 0 spiro atoms. The smallest absolute Gasteiger partial charge is 0.399 e. The lowest BCUT2D eigenvalue weighted by Gasteiger charge is -2.32. The molecule has 2 aromatic rings. The molecule has 23 heavy (non-hydrogen) atoms. The van der Waals surface area contributed by atoms with Gasteiger partial charge in [-0.1, -0.05) is 12.1 Å². The van der Waals surface area contributed by atoms with Gasteiger partial charge in [0.25, 0.3) is 10.0 Å². The van der Waals surface area contributed by atoms with Gasteiger partial charge in [-0.05, 0) is 51.4 Å². The monoisotopic (exact) mass is 334 g/mol. The van der Waals surface area contributed by atoms with Crippen LogP contribution in [0.5, 0.6) is 0 Å². The summed E-state index contributed by atoms with van der Waals surface area (Å²) in [6.45, 7) is 7.90. The van der Waals surface area contributed by atoms with Crippen LogP contribution in [0.25, 0.3) is 0 Å². The number of rotatable bonds is 3. The molecule has 122 valence electrons. The van der Waals surface area contributed by atoms with E-state index in [0.717, 1.165) is 9.55 Å². The van der Waals surface area contributed by atoms with Gasteiger partial charge in [-0.25, -0.2) is 0 Å². The summed E-state index contributed by atoms with van der Waals surface area (Å²) < 4.78 is 37.6. The molecule has 0 bridgehead atoms. The van der Waals surface area contributed by atoms with Crippen molar-refractivity contribution in [2.45, 2.75) is 43.8 Å². The van der Waals surface area contributed by atoms with Crippen molar-refractivity contribution < 1.29 is 17.7 Å². The standard InChI is InChI=1S/C15H19BN2O4S/c1-14(2)15(3,4)22-16(21-14)12-6-8-13(9-7-12)23(19,20)18-11-5-10-17-18/h5-11H,1-4H3. The Hall–Kier alpha value is -1.64. The van der Waals surface area contributed by atoms with Crippen molar-refractivity contribution in [3.8, 4) is 0 Å². The Morgan fingerprint density at radius 1 is 1.04 bits per heavy atom. The molecule has 0 saturated carbocycles. The Balaban J connectivity index is 1.87. The summed E-state index contributed by atoms with van der Waals surface area (Å²) in [6, 6.07) is 8.06. The Labute approximate surface area is 136 Å². The van der Waals surface area contributed by atoms with Crippen molar-refractivity contribution in [2.24, 2.45) is 0 Å². The van der Waals surface area contributed by atoms with E-state index in [1.165, 1.54) is 24.5 Å². The van der Waals surface area contributed by atoms with Gasteiger partial charge >= 0.3 is 7.12 Å². The zero-order chi connectivity index (χ0) is 16.9. The molecule has 0 unspecified atom stereocenters. The molecule has 8 heteroatoms. The van der Waals surface area contributed by atoms with Gasteiger partial charge in [0.2, 0.25) is 0 Å². The summed E-state index contributed by atoms with van der Waals surface area (Å²) in [5, 5.41) is 3.78. The van der Waals surface area contributed by atoms with Crippen LogP contribution in [0.3, 0.4) is 0 Å². The predicted molar refractivity (Wildman–Crippen MR) is 87.0 cm³/mol. The van der Waals surface area contributed by atoms with E-state index in [9.17, 15) is 8.42 Å². The van der Waals surface area contributed by atoms with Gasteiger partial charge in [-0.15, -0.1) is 0 Å². The SMILES string of the molecule is CC1(C)OB(c2ccc(S(=O)(=O)n3cccn3)cc2)OC1(C)C. The van der Waals surface area contributed by atoms with E-state index in [2.05, 4.69) is 5.10 Å². The third kappa shape index (κ3) is 2.71. The Kier molecular flexibility index (Phi) is 3.66. The fraction of sp³-hybridized carbons (Fsp3) is 0.400. The molecule has 2 heterocycles. The summed E-state index contributed by atoms with van der Waals surface area (Å²) in [6.07, 6.45) is 2.83. The molecule has 3 rings (SSSR count). The van der Waals surface area contributed by atoms with Gasteiger partial charge in [-0.2, -0.15) is 17.6 Å². The second kappa shape index (κ2) is 5.19. The maximum atomic E-state index is 12.4. The molecule has 1 saturated heterocycles. The number of aromatic nitrogens is 2. The Morgan fingerprint density at radius 3 is 2.09 bits per heavy atom. The molecular formula is C15H19BN2O4S. The second-order valence-corrected chi connectivity index (χ2v) is 8.34. The average Bonchev–Trinajstić information content (AvgIpc) is 3.07. The van der Waals surface area contributed by atoms with Crippen molar-refractivity contribution in [3.05, 3.63) is 42.7 Å². The third-order valence-corrected chi connectivity index (χ3v) is 6.01. The summed E-state index contributed by atoms with van der Waals surface area (Å²) in [5.74, 6) is 0. The zero-order valence-corrected chi connectivity index (χ0v) is 14.4. The van der Waals surface area contributed by atoms with E-state index in [1.54, 1.807) is 18.2 Å². The minimum Gasteiger partial charge on any atom is -0.399 e. The number of benzene rings is 1. The van der Waals surface area contributed by atoms with Crippen molar-refractivity contribution in [1.29, 1.82) is 0 Å². The van der Waals surface area contributed by atoms with Crippen LogP contribution in [-0.2, 0) is 19.3 Å². The predicted octanol–water partition coefficient (Wildman–Crippen LogP) is 1.42. The number of hydrogen-bond acceptors (Lipinski definition) is 5. The zero-order valence-electron chi connectivity index (χ0n) is 13.6. The molecular weight excluding hydrogens is 315 g/mol. The highest BCUT2D eigenvalue weighted by molar-refractivity contribution is 7.89. The van der Waals surface area contributed by atoms with Crippen LogP contribution in [0, 0.1) is 0 Å². The van der Waals surface area contributed by atoms with Gasteiger partial charge in [0, 0.05) is 6.20 Å². The molecule has 0 N–H and O–H groups in total. The molecule has 1 aromatic carbocycles. The number of hydrogen-bond donors (Lipinski definition) is 0. The van der Waals surface area contributed by atoms with E-state index >= 15 is 0 Å². The van der Waals surface area contributed by atoms with Gasteiger partial charge in [0.05, 0.1) is 22.3 Å². The maximum absolute atomic E-state index is 12.4. The topological polar surface area (TPSA) is 70.4 Å². The molecule has 0 radical (unpaired) electrons. The molecule has 0 amide bonds. The van der Waals surface area contributed by atoms with Crippen LogP contribution in [0.4, 0.5) is 0 Å². The van der Waals surface area contributed by atoms with E-state index in [-0.39, 0.29) is 4.90 Å². The first-order valence-electron chi connectivity index (χ1n) is 7.34. The second-order valence-electron chi connectivity index (χ2n) is 6.54. The van der Waals surface area contributed by atoms with E-state index in [1.807, 2.05) is 27.7 Å². The highest BCUT2D eigenvalue weighted by Crippen LogP contribution is 2.36. The molecule has 1 aromatic heterocycles. The normalized spacial score (nSPS) is 19.9. The summed E-state index contributed by atoms with van der Waals surface area (Å²) in [4.78, 5) is 0.168. The molecule has 1 aliphatic rings. The highest BCUT2D eigenvalue weighted by Gasteiger charge is 2.51. The van der Waals surface area contributed by atoms with Crippen LogP contribution in [-0.4, -0.2) is 35.9 Å². The van der Waals surface area contributed by atoms with Gasteiger partial charge in [-0.3, -0.25) is 0 Å². The molecule has 0 atom stereocenters.